The van der Waals surface area contributed by atoms with Crippen molar-refractivity contribution < 1.29 is 13.6 Å². The number of halogens is 3. The van der Waals surface area contributed by atoms with Crippen molar-refractivity contribution in [1.82, 2.24) is 19.8 Å². The summed E-state index contributed by atoms with van der Waals surface area (Å²) in [6.45, 7) is 4.00. The summed E-state index contributed by atoms with van der Waals surface area (Å²) in [5.74, 6) is -1.15. The number of fused-ring (bicyclic) bond motifs is 1. The minimum atomic E-state index is -0.898. The van der Waals surface area contributed by atoms with E-state index in [0.717, 1.165) is 48.5 Å². The Morgan fingerprint density at radius 2 is 1.72 bits per heavy atom. The molecule has 3 aromatic rings. The van der Waals surface area contributed by atoms with Crippen LogP contribution in [0.15, 0.2) is 40.9 Å². The van der Waals surface area contributed by atoms with Gasteiger partial charge in [0.05, 0.1) is 24.1 Å². The fraction of sp³-hybridized carbons (Fsp3) is 0.300. The number of imidazole rings is 1. The first-order chi connectivity index (χ1) is 14.0. The van der Waals surface area contributed by atoms with Crippen LogP contribution >= 0.6 is 15.9 Å². The molecule has 4 rings (SSSR count). The summed E-state index contributed by atoms with van der Waals surface area (Å²) >= 11 is 3.37. The summed E-state index contributed by atoms with van der Waals surface area (Å²) in [4.78, 5) is 23.9. The molecular weight excluding hydrogens is 444 g/mol. The first-order valence-electron chi connectivity index (χ1n) is 9.30. The topological polar surface area (TPSA) is 64.3 Å². The third-order valence-electron chi connectivity index (χ3n) is 4.91. The van der Waals surface area contributed by atoms with Crippen LogP contribution in [0.25, 0.3) is 11.0 Å². The van der Waals surface area contributed by atoms with Crippen molar-refractivity contribution in [2.45, 2.75) is 6.54 Å². The molecular formula is C20H20BrF2N5O. The lowest BCUT2D eigenvalue weighted by molar-refractivity contribution is -0.117. The van der Waals surface area contributed by atoms with Crippen LogP contribution in [-0.4, -0.2) is 58.4 Å². The zero-order valence-corrected chi connectivity index (χ0v) is 17.2. The molecule has 1 aromatic heterocycles. The molecule has 0 unspecified atom stereocenters. The van der Waals surface area contributed by atoms with Crippen molar-refractivity contribution in [3.8, 4) is 0 Å². The van der Waals surface area contributed by atoms with Gasteiger partial charge in [-0.1, -0.05) is 15.9 Å². The molecule has 1 aliphatic heterocycles. The van der Waals surface area contributed by atoms with Crippen molar-refractivity contribution in [1.29, 1.82) is 0 Å². The second-order valence-corrected chi connectivity index (χ2v) is 7.99. The van der Waals surface area contributed by atoms with Gasteiger partial charge in [0.25, 0.3) is 0 Å². The number of H-pyrrole nitrogens is 1. The fourth-order valence-corrected chi connectivity index (χ4v) is 3.65. The lowest BCUT2D eigenvalue weighted by Gasteiger charge is -2.33. The van der Waals surface area contributed by atoms with Gasteiger partial charge in [0.2, 0.25) is 5.91 Å². The van der Waals surface area contributed by atoms with Crippen LogP contribution in [0.1, 0.15) is 5.82 Å². The minimum Gasteiger partial charge on any atom is -0.341 e. The molecule has 152 valence electrons. The maximum atomic E-state index is 13.3. The second-order valence-electron chi connectivity index (χ2n) is 7.07. The lowest BCUT2D eigenvalue weighted by atomic mass is 10.3. The highest BCUT2D eigenvalue weighted by molar-refractivity contribution is 9.10. The predicted octanol–water partition coefficient (Wildman–Crippen LogP) is 3.36. The highest BCUT2D eigenvalue weighted by Crippen LogP contribution is 2.18. The summed E-state index contributed by atoms with van der Waals surface area (Å²) in [5.41, 5.74) is 1.68. The van der Waals surface area contributed by atoms with E-state index in [1.54, 1.807) is 0 Å². The Bertz CT molecular complexity index is 977. The Morgan fingerprint density at radius 3 is 2.45 bits per heavy atom. The number of aromatic amines is 1. The summed E-state index contributed by atoms with van der Waals surface area (Å²) in [5, 5.41) is 2.90. The normalized spacial score (nSPS) is 15.7. The third-order valence-corrected chi connectivity index (χ3v) is 5.44. The highest BCUT2D eigenvalue weighted by atomic mass is 79.9. The molecule has 2 heterocycles. The van der Waals surface area contributed by atoms with Crippen LogP contribution in [0.4, 0.5) is 14.5 Å². The SMILES string of the molecule is O=C(CN1CCN(Cc2nc3cc(F)c(F)cc3[nH]2)CC1)Nc1ccc(Br)cc1. The van der Waals surface area contributed by atoms with Gasteiger partial charge in [-0.3, -0.25) is 14.6 Å². The van der Waals surface area contributed by atoms with E-state index < -0.39 is 11.6 Å². The van der Waals surface area contributed by atoms with E-state index in [1.807, 2.05) is 24.3 Å². The summed E-state index contributed by atoms with van der Waals surface area (Å²) in [7, 11) is 0. The number of hydrogen-bond acceptors (Lipinski definition) is 4. The van der Waals surface area contributed by atoms with E-state index >= 15 is 0 Å². The summed E-state index contributed by atoms with van der Waals surface area (Å²) in [6.07, 6.45) is 0. The maximum Gasteiger partial charge on any atom is 0.238 e. The van der Waals surface area contributed by atoms with Crippen molar-refractivity contribution in [3.63, 3.8) is 0 Å². The first kappa shape index (κ1) is 19.9. The van der Waals surface area contributed by atoms with Crippen LogP contribution in [-0.2, 0) is 11.3 Å². The number of rotatable bonds is 5. The number of nitrogens with one attached hydrogen (secondary N) is 2. The highest BCUT2D eigenvalue weighted by Gasteiger charge is 2.20. The Morgan fingerprint density at radius 1 is 1.07 bits per heavy atom. The first-order valence-corrected chi connectivity index (χ1v) is 10.1. The number of amides is 1. The molecule has 0 bridgehead atoms. The van der Waals surface area contributed by atoms with Gasteiger partial charge in [-0.2, -0.15) is 0 Å². The number of benzene rings is 2. The van der Waals surface area contributed by atoms with E-state index in [2.05, 4.69) is 41.0 Å². The van der Waals surface area contributed by atoms with Crippen LogP contribution in [0.5, 0.6) is 0 Å². The number of piperazine rings is 1. The predicted molar refractivity (Wildman–Crippen MR) is 110 cm³/mol. The third kappa shape index (κ3) is 4.98. The summed E-state index contributed by atoms with van der Waals surface area (Å²) in [6, 6.07) is 9.70. The maximum absolute atomic E-state index is 13.3. The molecule has 1 saturated heterocycles. The number of carbonyl (C=O) groups excluding carboxylic acids is 1. The Balaban J connectivity index is 1.27. The average molecular weight is 464 g/mol. The van der Waals surface area contributed by atoms with Gasteiger partial charge in [-0.05, 0) is 24.3 Å². The molecule has 1 aliphatic rings. The van der Waals surface area contributed by atoms with Crippen molar-refractivity contribution in [2.75, 3.05) is 38.0 Å². The molecule has 0 radical (unpaired) electrons. The molecule has 29 heavy (non-hydrogen) atoms. The Hall–Kier alpha value is -2.36. The zero-order valence-electron chi connectivity index (χ0n) is 15.6. The molecule has 0 atom stereocenters. The number of nitrogens with zero attached hydrogens (tertiary/aromatic N) is 3. The van der Waals surface area contributed by atoms with Gasteiger partial charge in [0.15, 0.2) is 11.6 Å². The number of carbonyl (C=O) groups is 1. The van der Waals surface area contributed by atoms with Gasteiger partial charge in [-0.25, -0.2) is 13.8 Å². The van der Waals surface area contributed by atoms with Gasteiger partial charge in [-0.15, -0.1) is 0 Å². The standard InChI is InChI=1S/C20H20BrF2N5O/c21-13-1-3-14(4-2-13)24-20(29)12-28-7-5-27(6-8-28)11-19-25-17-9-15(22)16(23)10-18(17)26-19/h1-4,9-10H,5-8,11-12H2,(H,24,29)(H,25,26). The fourth-order valence-electron chi connectivity index (χ4n) is 3.39. The van der Waals surface area contributed by atoms with Gasteiger partial charge >= 0.3 is 0 Å². The van der Waals surface area contributed by atoms with Crippen molar-refractivity contribution in [2.24, 2.45) is 0 Å². The van der Waals surface area contributed by atoms with Crippen molar-refractivity contribution >= 4 is 38.6 Å². The quantitative estimate of drug-likeness (QED) is 0.608. The number of aromatic nitrogens is 2. The number of hydrogen-bond donors (Lipinski definition) is 2. The Kier molecular flexibility index (Phi) is 5.89. The van der Waals surface area contributed by atoms with E-state index in [0.29, 0.717) is 29.9 Å². The molecule has 9 heteroatoms. The molecule has 1 amide bonds. The monoisotopic (exact) mass is 463 g/mol. The van der Waals surface area contributed by atoms with E-state index in [1.165, 1.54) is 0 Å². The van der Waals surface area contributed by atoms with Crippen molar-refractivity contribution in [3.05, 3.63) is 58.3 Å². The molecule has 0 spiro atoms. The molecule has 2 aromatic carbocycles. The van der Waals surface area contributed by atoms with Crippen LogP contribution in [0, 0.1) is 11.6 Å². The van der Waals surface area contributed by atoms with Crippen LogP contribution in [0.2, 0.25) is 0 Å². The lowest BCUT2D eigenvalue weighted by Crippen LogP contribution is -2.48. The van der Waals surface area contributed by atoms with Gasteiger partial charge < -0.3 is 10.3 Å². The number of anilines is 1. The Labute approximate surface area is 175 Å². The molecule has 0 saturated carbocycles. The molecule has 1 fully saturated rings. The molecule has 0 aliphatic carbocycles. The van der Waals surface area contributed by atoms with Gasteiger partial charge in [0.1, 0.15) is 5.82 Å². The molecule has 6 nitrogen and oxygen atoms in total. The smallest absolute Gasteiger partial charge is 0.238 e. The van der Waals surface area contributed by atoms with Crippen LogP contribution < -0.4 is 5.32 Å². The molecule has 2 N–H and O–H groups in total. The van der Waals surface area contributed by atoms with Gasteiger partial charge in [0, 0.05) is 48.5 Å². The van der Waals surface area contributed by atoms with E-state index in [4.69, 9.17) is 0 Å². The van der Waals surface area contributed by atoms with Crippen LogP contribution in [0.3, 0.4) is 0 Å². The zero-order chi connectivity index (χ0) is 20.4. The average Bonchev–Trinajstić information content (AvgIpc) is 3.06. The van der Waals surface area contributed by atoms with E-state index in [9.17, 15) is 13.6 Å². The second kappa shape index (κ2) is 8.56. The summed E-state index contributed by atoms with van der Waals surface area (Å²) < 4.78 is 27.6. The minimum absolute atomic E-state index is 0.0397. The largest absolute Gasteiger partial charge is 0.341 e. The van der Waals surface area contributed by atoms with E-state index in [-0.39, 0.29) is 5.91 Å².